The van der Waals surface area contributed by atoms with Crippen LogP contribution in [0.4, 0.5) is 0 Å². The van der Waals surface area contributed by atoms with Crippen molar-refractivity contribution in [2.75, 3.05) is 19.6 Å². The molecule has 0 unspecified atom stereocenters. The molecule has 102 valence electrons. The van der Waals surface area contributed by atoms with Crippen LogP contribution in [0.25, 0.3) is 0 Å². The van der Waals surface area contributed by atoms with E-state index in [1.54, 1.807) is 18.2 Å². The summed E-state index contributed by atoms with van der Waals surface area (Å²) in [5.74, 6) is -0.143. The highest BCUT2D eigenvalue weighted by molar-refractivity contribution is 9.10. The summed E-state index contributed by atoms with van der Waals surface area (Å²) < 4.78 is 0.619. The Morgan fingerprint density at radius 2 is 2.05 bits per heavy atom. The molecule has 0 aromatic carbocycles. The van der Waals surface area contributed by atoms with Crippen molar-refractivity contribution in [3.63, 3.8) is 0 Å². The molecule has 1 aromatic heterocycles. The van der Waals surface area contributed by atoms with E-state index >= 15 is 0 Å². The number of amides is 2. The van der Waals surface area contributed by atoms with Gasteiger partial charge in [-0.3, -0.25) is 9.59 Å². The molecule has 0 radical (unpaired) electrons. The zero-order valence-electron chi connectivity index (χ0n) is 10.6. The van der Waals surface area contributed by atoms with E-state index in [2.05, 4.69) is 26.2 Å². The number of likely N-dealkylation sites (tertiary alicyclic amines) is 1. The topological polar surface area (TPSA) is 62.3 Å². The summed E-state index contributed by atoms with van der Waals surface area (Å²) in [7, 11) is 0. The molecule has 0 spiro atoms. The van der Waals surface area contributed by atoms with Gasteiger partial charge in [0.15, 0.2) is 0 Å². The number of pyridine rings is 1. The van der Waals surface area contributed by atoms with Gasteiger partial charge in [-0.1, -0.05) is 6.07 Å². The van der Waals surface area contributed by atoms with Crippen LogP contribution in [0.15, 0.2) is 22.8 Å². The minimum absolute atomic E-state index is 0.111. The largest absolute Gasteiger partial charge is 0.350 e. The first-order chi connectivity index (χ1) is 9.16. The van der Waals surface area contributed by atoms with Gasteiger partial charge in [0.2, 0.25) is 5.91 Å². The number of nitrogens with one attached hydrogen (secondary N) is 1. The lowest BCUT2D eigenvalue weighted by molar-refractivity contribution is -0.129. The van der Waals surface area contributed by atoms with E-state index in [-0.39, 0.29) is 11.8 Å². The first-order valence-electron chi connectivity index (χ1n) is 6.35. The summed E-state index contributed by atoms with van der Waals surface area (Å²) in [6.07, 6.45) is 2.51. The fourth-order valence-electron chi connectivity index (χ4n) is 2.03. The third-order valence-electron chi connectivity index (χ3n) is 3.03. The second-order valence-electron chi connectivity index (χ2n) is 4.44. The standard InChI is InChI=1S/C13H16BrN3O2/c14-11-5-3-4-10(16-11)13(19)15-7-6-12(18)17-8-1-2-9-17/h3-5H,1-2,6-9H2,(H,15,19). The summed E-state index contributed by atoms with van der Waals surface area (Å²) >= 11 is 3.21. The SMILES string of the molecule is O=C(NCCC(=O)N1CCCC1)c1cccc(Br)n1. The van der Waals surface area contributed by atoms with Crippen molar-refractivity contribution >= 4 is 27.7 Å². The predicted octanol–water partition coefficient (Wildman–Crippen LogP) is 1.59. The second kappa shape index (κ2) is 6.65. The molecule has 6 heteroatoms. The molecule has 19 heavy (non-hydrogen) atoms. The summed E-state index contributed by atoms with van der Waals surface area (Å²) in [4.78, 5) is 29.5. The maximum atomic E-state index is 11.8. The molecule has 1 aliphatic heterocycles. The van der Waals surface area contributed by atoms with Crippen LogP contribution in [0.5, 0.6) is 0 Å². The molecule has 1 fully saturated rings. The van der Waals surface area contributed by atoms with Crippen LogP contribution < -0.4 is 5.32 Å². The highest BCUT2D eigenvalue weighted by Gasteiger charge is 2.17. The average Bonchev–Trinajstić information content (AvgIpc) is 2.92. The Kier molecular flexibility index (Phi) is 4.90. The van der Waals surface area contributed by atoms with E-state index in [0.29, 0.717) is 23.3 Å². The van der Waals surface area contributed by atoms with Gasteiger partial charge in [0.05, 0.1) is 0 Å². The molecule has 2 rings (SSSR count). The Morgan fingerprint density at radius 1 is 1.32 bits per heavy atom. The highest BCUT2D eigenvalue weighted by Crippen LogP contribution is 2.09. The Bertz CT molecular complexity index is 473. The lowest BCUT2D eigenvalue weighted by Crippen LogP contribution is -2.32. The van der Waals surface area contributed by atoms with Gasteiger partial charge in [0.25, 0.3) is 5.91 Å². The molecule has 2 heterocycles. The molecule has 0 bridgehead atoms. The maximum Gasteiger partial charge on any atom is 0.269 e. The highest BCUT2D eigenvalue weighted by atomic mass is 79.9. The third-order valence-corrected chi connectivity index (χ3v) is 3.47. The van der Waals surface area contributed by atoms with Crippen molar-refractivity contribution in [1.82, 2.24) is 15.2 Å². The zero-order valence-corrected chi connectivity index (χ0v) is 12.1. The van der Waals surface area contributed by atoms with Gasteiger partial charge in [0, 0.05) is 26.1 Å². The van der Waals surface area contributed by atoms with Crippen molar-refractivity contribution < 1.29 is 9.59 Å². The fraction of sp³-hybridized carbons (Fsp3) is 0.462. The van der Waals surface area contributed by atoms with Crippen LogP contribution in [0.2, 0.25) is 0 Å². The van der Waals surface area contributed by atoms with Gasteiger partial charge < -0.3 is 10.2 Å². The minimum atomic E-state index is -0.254. The van der Waals surface area contributed by atoms with Crippen molar-refractivity contribution in [3.8, 4) is 0 Å². The predicted molar refractivity (Wildman–Crippen MR) is 74.7 cm³/mol. The first-order valence-corrected chi connectivity index (χ1v) is 7.14. The van der Waals surface area contributed by atoms with Crippen LogP contribution in [0.3, 0.4) is 0 Å². The molecule has 0 saturated carbocycles. The Hall–Kier alpha value is -1.43. The van der Waals surface area contributed by atoms with Crippen LogP contribution in [0, 0.1) is 0 Å². The average molecular weight is 326 g/mol. The van der Waals surface area contributed by atoms with Crippen LogP contribution in [-0.2, 0) is 4.79 Å². The minimum Gasteiger partial charge on any atom is -0.350 e. The first kappa shape index (κ1) is 14.0. The molecule has 1 N–H and O–H groups in total. The number of nitrogens with zero attached hydrogens (tertiary/aromatic N) is 2. The number of hydrogen-bond acceptors (Lipinski definition) is 3. The molecule has 1 aromatic rings. The van der Waals surface area contributed by atoms with Crippen molar-refractivity contribution in [1.29, 1.82) is 0 Å². The number of aromatic nitrogens is 1. The number of carbonyl (C=O) groups is 2. The Morgan fingerprint density at radius 3 is 2.74 bits per heavy atom. The van der Waals surface area contributed by atoms with E-state index in [1.807, 2.05) is 4.90 Å². The third kappa shape index (κ3) is 4.02. The maximum absolute atomic E-state index is 11.8. The van der Waals surface area contributed by atoms with Crippen LogP contribution in [0.1, 0.15) is 29.8 Å². The number of halogens is 1. The summed E-state index contributed by atoms with van der Waals surface area (Å²) in [6.45, 7) is 2.04. The summed E-state index contributed by atoms with van der Waals surface area (Å²) in [5.41, 5.74) is 0.350. The number of carbonyl (C=O) groups excluding carboxylic acids is 2. The summed E-state index contributed by atoms with van der Waals surface area (Å²) in [5, 5.41) is 2.71. The lowest BCUT2D eigenvalue weighted by Gasteiger charge is -2.15. The van der Waals surface area contributed by atoms with Gasteiger partial charge >= 0.3 is 0 Å². The molecular formula is C13H16BrN3O2. The van der Waals surface area contributed by atoms with Gasteiger partial charge in [-0.25, -0.2) is 4.98 Å². The van der Waals surface area contributed by atoms with Gasteiger partial charge in [-0.15, -0.1) is 0 Å². The molecule has 2 amide bonds. The Labute approximate surface area is 120 Å². The van der Waals surface area contributed by atoms with Crippen molar-refractivity contribution in [2.24, 2.45) is 0 Å². The quantitative estimate of drug-likeness (QED) is 0.855. The zero-order chi connectivity index (χ0) is 13.7. The molecule has 5 nitrogen and oxygen atoms in total. The van der Waals surface area contributed by atoms with Crippen LogP contribution >= 0.6 is 15.9 Å². The fourth-order valence-corrected chi connectivity index (χ4v) is 2.38. The Balaban J connectivity index is 1.76. The van der Waals surface area contributed by atoms with Crippen LogP contribution in [-0.4, -0.2) is 41.3 Å². The molecule has 0 atom stereocenters. The van der Waals surface area contributed by atoms with Gasteiger partial charge in [0.1, 0.15) is 10.3 Å². The van der Waals surface area contributed by atoms with E-state index < -0.39 is 0 Å². The summed E-state index contributed by atoms with van der Waals surface area (Å²) in [6, 6.07) is 5.15. The monoisotopic (exact) mass is 325 g/mol. The number of hydrogen-bond donors (Lipinski definition) is 1. The molecular weight excluding hydrogens is 310 g/mol. The van der Waals surface area contributed by atoms with E-state index in [9.17, 15) is 9.59 Å². The molecule has 1 saturated heterocycles. The smallest absolute Gasteiger partial charge is 0.269 e. The van der Waals surface area contributed by atoms with Crippen molar-refractivity contribution in [2.45, 2.75) is 19.3 Å². The lowest BCUT2D eigenvalue weighted by atomic mass is 10.3. The van der Waals surface area contributed by atoms with E-state index in [0.717, 1.165) is 25.9 Å². The van der Waals surface area contributed by atoms with Gasteiger partial charge in [-0.2, -0.15) is 0 Å². The normalized spacial score (nSPS) is 14.5. The van der Waals surface area contributed by atoms with Crippen molar-refractivity contribution in [3.05, 3.63) is 28.5 Å². The van der Waals surface area contributed by atoms with E-state index in [4.69, 9.17) is 0 Å². The van der Waals surface area contributed by atoms with E-state index in [1.165, 1.54) is 0 Å². The number of rotatable bonds is 4. The molecule has 1 aliphatic rings. The molecule has 0 aliphatic carbocycles. The second-order valence-corrected chi connectivity index (χ2v) is 5.25. The van der Waals surface area contributed by atoms with Gasteiger partial charge in [-0.05, 0) is 40.9 Å².